The molecule has 0 heterocycles. The molecule has 30 heavy (non-hydrogen) atoms. The average molecular weight is 413 g/mol. The number of carbonyl (C=O) groups excluding carboxylic acids is 2. The van der Waals surface area contributed by atoms with Gasteiger partial charge in [-0.3, -0.25) is 9.59 Å². The summed E-state index contributed by atoms with van der Waals surface area (Å²) in [6.45, 7) is 1.46. The number of hydrogen-bond donors (Lipinski definition) is 1. The van der Waals surface area contributed by atoms with E-state index < -0.39 is 12.1 Å². The van der Waals surface area contributed by atoms with Gasteiger partial charge in [0, 0.05) is 16.8 Å². The number of methoxy groups -OCH3 is 1. The molecule has 0 bridgehead atoms. The van der Waals surface area contributed by atoms with E-state index in [1.807, 2.05) is 5.32 Å². The number of alkyl halides is 3. The molecule has 0 saturated carbocycles. The van der Waals surface area contributed by atoms with E-state index in [1.54, 1.807) is 54.6 Å². The Morgan fingerprint density at radius 3 is 2.03 bits per heavy atom. The van der Waals surface area contributed by atoms with Crippen molar-refractivity contribution >= 4 is 17.4 Å². The molecule has 0 unspecified atom stereocenters. The van der Waals surface area contributed by atoms with Crippen molar-refractivity contribution in [3.05, 3.63) is 72.3 Å². The molecule has 0 saturated heterocycles. The van der Waals surface area contributed by atoms with Gasteiger partial charge in [0.2, 0.25) is 0 Å². The van der Waals surface area contributed by atoms with Crippen LogP contribution >= 0.6 is 0 Å². The maximum Gasteiger partial charge on any atom is 0.471 e. The van der Waals surface area contributed by atoms with Gasteiger partial charge in [0.15, 0.2) is 5.78 Å². The molecule has 0 aliphatic carbocycles. The molecule has 0 radical (unpaired) electrons. The lowest BCUT2D eigenvalue weighted by Crippen LogP contribution is -2.30. The van der Waals surface area contributed by atoms with Crippen molar-refractivity contribution in [2.75, 3.05) is 12.4 Å². The van der Waals surface area contributed by atoms with Crippen LogP contribution in [-0.4, -0.2) is 25.0 Å². The fraction of sp³-hybridized carbons (Fsp3) is 0.130. The highest BCUT2D eigenvalue weighted by atomic mass is 19.4. The van der Waals surface area contributed by atoms with Crippen LogP contribution in [0.25, 0.3) is 22.3 Å². The molecular weight excluding hydrogens is 395 g/mol. The van der Waals surface area contributed by atoms with Gasteiger partial charge in [-0.25, -0.2) is 0 Å². The Kier molecular flexibility index (Phi) is 5.91. The molecule has 0 aliphatic rings. The number of ketones is 1. The van der Waals surface area contributed by atoms with Crippen molar-refractivity contribution in [3.63, 3.8) is 0 Å². The van der Waals surface area contributed by atoms with E-state index in [0.717, 1.165) is 0 Å². The van der Waals surface area contributed by atoms with Gasteiger partial charge in [0.1, 0.15) is 5.75 Å². The highest BCUT2D eigenvalue weighted by Gasteiger charge is 2.39. The quantitative estimate of drug-likeness (QED) is 0.544. The van der Waals surface area contributed by atoms with E-state index in [1.165, 1.54) is 26.2 Å². The molecule has 154 valence electrons. The molecule has 3 aromatic rings. The molecule has 1 N–H and O–H groups in total. The number of benzene rings is 3. The zero-order chi connectivity index (χ0) is 21.9. The maximum absolute atomic E-state index is 12.7. The van der Waals surface area contributed by atoms with Crippen molar-refractivity contribution in [3.8, 4) is 28.0 Å². The Labute approximate surface area is 171 Å². The van der Waals surface area contributed by atoms with Gasteiger partial charge in [-0.1, -0.05) is 42.5 Å². The van der Waals surface area contributed by atoms with Gasteiger partial charge in [-0.15, -0.1) is 0 Å². The number of nitrogens with one attached hydrogen (secondary N) is 1. The Morgan fingerprint density at radius 1 is 0.867 bits per heavy atom. The van der Waals surface area contributed by atoms with Crippen LogP contribution < -0.4 is 10.1 Å². The Morgan fingerprint density at radius 2 is 1.43 bits per heavy atom. The highest BCUT2D eigenvalue weighted by molar-refractivity contribution is 6.02. The molecule has 0 aromatic heterocycles. The molecule has 0 atom stereocenters. The number of rotatable bonds is 5. The lowest BCUT2D eigenvalue weighted by Gasteiger charge is -2.15. The minimum Gasteiger partial charge on any atom is -0.497 e. The van der Waals surface area contributed by atoms with Crippen LogP contribution in [-0.2, 0) is 4.79 Å². The minimum absolute atomic E-state index is 0.0129. The average Bonchev–Trinajstić information content (AvgIpc) is 2.73. The molecule has 0 aliphatic heterocycles. The summed E-state index contributed by atoms with van der Waals surface area (Å²) in [7, 11) is 1.47. The number of carbonyl (C=O) groups is 2. The van der Waals surface area contributed by atoms with Crippen LogP contribution in [0.1, 0.15) is 17.3 Å². The third-order valence-electron chi connectivity index (χ3n) is 4.50. The van der Waals surface area contributed by atoms with E-state index in [4.69, 9.17) is 4.74 Å². The fourth-order valence-corrected chi connectivity index (χ4v) is 3.11. The van der Waals surface area contributed by atoms with E-state index in [9.17, 15) is 22.8 Å². The first-order valence-corrected chi connectivity index (χ1v) is 8.97. The number of halogens is 3. The van der Waals surface area contributed by atoms with Gasteiger partial charge < -0.3 is 10.1 Å². The first-order valence-electron chi connectivity index (χ1n) is 8.97. The lowest BCUT2D eigenvalue weighted by atomic mass is 9.93. The van der Waals surface area contributed by atoms with Crippen LogP contribution in [0.3, 0.4) is 0 Å². The van der Waals surface area contributed by atoms with E-state index in [-0.39, 0.29) is 11.5 Å². The smallest absolute Gasteiger partial charge is 0.471 e. The number of ether oxygens (including phenoxy) is 1. The molecule has 0 fully saturated rings. The molecular formula is C23H18F3NO3. The topological polar surface area (TPSA) is 55.4 Å². The van der Waals surface area contributed by atoms with Gasteiger partial charge in [0.05, 0.1) is 7.11 Å². The predicted molar refractivity (Wildman–Crippen MR) is 109 cm³/mol. The predicted octanol–water partition coefficient (Wildman–Crippen LogP) is 5.73. The summed E-state index contributed by atoms with van der Waals surface area (Å²) in [5, 5.41) is 1.92. The van der Waals surface area contributed by atoms with Gasteiger partial charge >= 0.3 is 12.1 Å². The fourth-order valence-electron chi connectivity index (χ4n) is 3.11. The Hall–Kier alpha value is -3.61. The number of anilines is 1. The molecule has 7 heteroatoms. The third-order valence-corrected chi connectivity index (χ3v) is 4.50. The monoisotopic (exact) mass is 413 g/mol. The maximum atomic E-state index is 12.7. The zero-order valence-electron chi connectivity index (χ0n) is 16.2. The second-order valence-corrected chi connectivity index (χ2v) is 6.55. The Balaban J connectivity index is 2.15. The SMILES string of the molecule is COc1cc(-c2ccccc2NC(=O)C(F)(F)F)cc(-c2ccccc2C(C)=O)c1. The second kappa shape index (κ2) is 8.41. The minimum atomic E-state index is -5.01. The van der Waals surface area contributed by atoms with Gasteiger partial charge in [-0.05, 0) is 47.9 Å². The summed E-state index contributed by atoms with van der Waals surface area (Å²) >= 11 is 0. The third kappa shape index (κ3) is 4.51. The highest BCUT2D eigenvalue weighted by Crippen LogP contribution is 2.36. The largest absolute Gasteiger partial charge is 0.497 e. The van der Waals surface area contributed by atoms with Crippen molar-refractivity contribution in [2.45, 2.75) is 13.1 Å². The Bertz CT molecular complexity index is 1110. The first kappa shape index (κ1) is 21.1. The zero-order valence-corrected chi connectivity index (χ0v) is 16.2. The van der Waals surface area contributed by atoms with Crippen LogP contribution in [0.2, 0.25) is 0 Å². The van der Waals surface area contributed by atoms with Crippen LogP contribution in [0.5, 0.6) is 5.75 Å². The molecule has 0 spiro atoms. The molecule has 3 rings (SSSR count). The van der Waals surface area contributed by atoms with Crippen molar-refractivity contribution in [1.82, 2.24) is 0 Å². The van der Waals surface area contributed by atoms with E-state index in [0.29, 0.717) is 33.6 Å². The molecule has 1 amide bonds. The summed E-state index contributed by atoms with van der Waals surface area (Å²) in [6.07, 6.45) is -5.01. The molecule has 3 aromatic carbocycles. The summed E-state index contributed by atoms with van der Waals surface area (Å²) in [5.41, 5.74) is 2.76. The summed E-state index contributed by atoms with van der Waals surface area (Å²) in [5.74, 6) is -1.72. The summed E-state index contributed by atoms with van der Waals surface area (Å²) in [4.78, 5) is 23.5. The summed E-state index contributed by atoms with van der Waals surface area (Å²) in [6, 6.07) is 18.3. The van der Waals surface area contributed by atoms with Gasteiger partial charge in [-0.2, -0.15) is 13.2 Å². The molecule has 4 nitrogen and oxygen atoms in total. The van der Waals surface area contributed by atoms with Gasteiger partial charge in [0.25, 0.3) is 0 Å². The normalized spacial score (nSPS) is 11.1. The van der Waals surface area contributed by atoms with Crippen molar-refractivity contribution < 1.29 is 27.5 Å². The van der Waals surface area contributed by atoms with E-state index >= 15 is 0 Å². The first-order chi connectivity index (χ1) is 14.2. The van der Waals surface area contributed by atoms with Crippen LogP contribution in [0.4, 0.5) is 18.9 Å². The second-order valence-electron chi connectivity index (χ2n) is 6.55. The van der Waals surface area contributed by atoms with E-state index in [2.05, 4.69) is 0 Å². The van der Waals surface area contributed by atoms with Crippen molar-refractivity contribution in [1.29, 1.82) is 0 Å². The van der Waals surface area contributed by atoms with Crippen molar-refractivity contribution in [2.24, 2.45) is 0 Å². The number of Topliss-reactive ketones (excluding diaryl/α,β-unsaturated/α-hetero) is 1. The number of amides is 1. The van der Waals surface area contributed by atoms with Crippen LogP contribution in [0, 0.1) is 0 Å². The summed E-state index contributed by atoms with van der Waals surface area (Å²) < 4.78 is 43.5. The standard InChI is InChI=1S/C23H18F3NO3/c1-14(28)18-7-3-4-8-19(18)15-11-16(13-17(12-15)30-2)20-9-5-6-10-21(20)27-22(29)23(24,25)26/h3-13H,1-2H3,(H,27,29). The lowest BCUT2D eigenvalue weighted by molar-refractivity contribution is -0.167. The number of para-hydroxylation sites is 1. The van der Waals surface area contributed by atoms with Crippen LogP contribution in [0.15, 0.2) is 66.7 Å². The number of hydrogen-bond acceptors (Lipinski definition) is 3.